The Balaban J connectivity index is 2.85. The Bertz CT molecular complexity index is 468. The molecule has 0 saturated carbocycles. The lowest BCUT2D eigenvalue weighted by Crippen LogP contribution is -2.39. The molecule has 0 saturated heterocycles. The minimum atomic E-state index is -0.537. The van der Waals surface area contributed by atoms with Crippen molar-refractivity contribution >= 4 is 11.6 Å². The van der Waals surface area contributed by atoms with E-state index in [-0.39, 0.29) is 35.9 Å². The summed E-state index contributed by atoms with van der Waals surface area (Å²) in [4.78, 5) is 22.2. The van der Waals surface area contributed by atoms with Gasteiger partial charge in [0.25, 0.3) is 11.6 Å². The number of hydrogen-bond acceptors (Lipinski definition) is 4. The van der Waals surface area contributed by atoms with Gasteiger partial charge in [0.2, 0.25) is 0 Å². The lowest BCUT2D eigenvalue weighted by Gasteiger charge is -2.21. The molecular formula is C12H19N3O4. The lowest BCUT2D eigenvalue weighted by atomic mass is 10.0. The van der Waals surface area contributed by atoms with Crippen LogP contribution < -0.4 is 5.32 Å². The summed E-state index contributed by atoms with van der Waals surface area (Å²) in [5, 5.41) is 22.4. The number of nitrogens with one attached hydrogen (secondary N) is 1. The fourth-order valence-corrected chi connectivity index (χ4v) is 1.83. The summed E-state index contributed by atoms with van der Waals surface area (Å²) in [6.45, 7) is 3.86. The first kappa shape index (κ1) is 15.2. The zero-order valence-corrected chi connectivity index (χ0v) is 11.3. The van der Waals surface area contributed by atoms with E-state index < -0.39 is 4.92 Å². The minimum Gasteiger partial charge on any atom is -0.396 e. The average Bonchev–Trinajstić information content (AvgIpc) is 2.70. The van der Waals surface area contributed by atoms with E-state index in [2.05, 4.69) is 5.32 Å². The molecule has 1 aromatic rings. The van der Waals surface area contributed by atoms with E-state index in [0.29, 0.717) is 6.42 Å². The summed E-state index contributed by atoms with van der Waals surface area (Å²) < 4.78 is 1.42. The summed E-state index contributed by atoms with van der Waals surface area (Å²) in [6, 6.07) is 1.08. The van der Waals surface area contributed by atoms with Crippen LogP contribution in [0.2, 0.25) is 0 Å². The van der Waals surface area contributed by atoms with Crippen LogP contribution in [0, 0.1) is 16.0 Å². The van der Waals surface area contributed by atoms with E-state index in [0.717, 1.165) is 0 Å². The Labute approximate surface area is 111 Å². The fraction of sp³-hybridized carbons (Fsp3) is 0.583. The van der Waals surface area contributed by atoms with E-state index in [1.807, 2.05) is 13.8 Å². The van der Waals surface area contributed by atoms with Crippen molar-refractivity contribution in [2.45, 2.75) is 26.3 Å². The van der Waals surface area contributed by atoms with Crippen LogP contribution >= 0.6 is 0 Å². The quantitative estimate of drug-likeness (QED) is 0.596. The SMILES string of the molecule is CC(C)C(CCO)NC(=O)c1cc([N+](=O)[O-])cn1C. The molecule has 0 aliphatic rings. The second kappa shape index (κ2) is 6.33. The number of aliphatic hydroxyl groups is 1. The van der Waals surface area contributed by atoms with Crippen molar-refractivity contribution in [3.05, 3.63) is 28.1 Å². The van der Waals surface area contributed by atoms with Crippen molar-refractivity contribution in [3.63, 3.8) is 0 Å². The van der Waals surface area contributed by atoms with Gasteiger partial charge in [0.05, 0.1) is 11.1 Å². The molecule has 0 spiro atoms. The molecule has 1 rings (SSSR count). The van der Waals surface area contributed by atoms with Gasteiger partial charge < -0.3 is 15.0 Å². The van der Waals surface area contributed by atoms with Crippen molar-refractivity contribution in [2.75, 3.05) is 6.61 Å². The van der Waals surface area contributed by atoms with Crippen molar-refractivity contribution in [3.8, 4) is 0 Å². The number of aryl methyl sites for hydroxylation is 1. The van der Waals surface area contributed by atoms with Gasteiger partial charge in [0.1, 0.15) is 5.69 Å². The maximum Gasteiger partial charge on any atom is 0.287 e. The third-order valence-corrected chi connectivity index (χ3v) is 3.00. The smallest absolute Gasteiger partial charge is 0.287 e. The van der Waals surface area contributed by atoms with Crippen LogP contribution in [-0.2, 0) is 7.05 Å². The maximum absolute atomic E-state index is 12.1. The third kappa shape index (κ3) is 3.78. The van der Waals surface area contributed by atoms with Gasteiger partial charge in [-0.25, -0.2) is 0 Å². The molecule has 2 N–H and O–H groups in total. The largest absolute Gasteiger partial charge is 0.396 e. The van der Waals surface area contributed by atoms with Gasteiger partial charge >= 0.3 is 0 Å². The number of aliphatic hydroxyl groups excluding tert-OH is 1. The Kier molecular flexibility index (Phi) is 5.05. The van der Waals surface area contributed by atoms with Crippen molar-refractivity contribution in [1.29, 1.82) is 0 Å². The molecule has 19 heavy (non-hydrogen) atoms. The van der Waals surface area contributed by atoms with Crippen molar-refractivity contribution in [2.24, 2.45) is 13.0 Å². The first-order valence-corrected chi connectivity index (χ1v) is 6.09. The molecule has 0 aliphatic carbocycles. The third-order valence-electron chi connectivity index (χ3n) is 3.00. The molecule has 1 atom stereocenters. The molecule has 7 heteroatoms. The summed E-state index contributed by atoms with van der Waals surface area (Å²) in [5.41, 5.74) is 0.117. The summed E-state index contributed by atoms with van der Waals surface area (Å²) in [5.74, 6) is -0.200. The van der Waals surface area contributed by atoms with Crippen LogP contribution in [0.15, 0.2) is 12.3 Å². The average molecular weight is 269 g/mol. The van der Waals surface area contributed by atoms with Gasteiger partial charge in [0.15, 0.2) is 0 Å². The zero-order valence-electron chi connectivity index (χ0n) is 11.3. The van der Waals surface area contributed by atoms with Crippen LogP contribution in [0.4, 0.5) is 5.69 Å². The predicted molar refractivity (Wildman–Crippen MR) is 69.9 cm³/mol. The minimum absolute atomic E-state index is 0.0174. The lowest BCUT2D eigenvalue weighted by molar-refractivity contribution is -0.384. The van der Waals surface area contributed by atoms with Gasteiger partial charge in [-0.15, -0.1) is 0 Å². The monoisotopic (exact) mass is 269 g/mol. The Hall–Kier alpha value is -1.89. The molecule has 0 aliphatic heterocycles. The Morgan fingerprint density at radius 3 is 2.63 bits per heavy atom. The number of carbonyl (C=O) groups excluding carboxylic acids is 1. The Morgan fingerprint density at radius 1 is 1.58 bits per heavy atom. The van der Waals surface area contributed by atoms with Gasteiger partial charge in [-0.1, -0.05) is 13.8 Å². The first-order valence-electron chi connectivity index (χ1n) is 6.09. The molecule has 106 valence electrons. The van der Waals surface area contributed by atoms with Gasteiger partial charge in [0, 0.05) is 25.8 Å². The van der Waals surface area contributed by atoms with E-state index >= 15 is 0 Å². The molecule has 1 unspecified atom stereocenters. The number of hydrogen-bond donors (Lipinski definition) is 2. The number of carbonyl (C=O) groups is 1. The predicted octanol–water partition coefficient (Wildman–Crippen LogP) is 1.07. The zero-order chi connectivity index (χ0) is 14.6. The first-order chi connectivity index (χ1) is 8.86. The molecular weight excluding hydrogens is 250 g/mol. The topological polar surface area (TPSA) is 97.4 Å². The van der Waals surface area contributed by atoms with Crippen LogP contribution in [0.1, 0.15) is 30.8 Å². The molecule has 0 radical (unpaired) electrons. The maximum atomic E-state index is 12.1. The molecule has 1 amide bonds. The summed E-state index contributed by atoms with van der Waals surface area (Å²) in [6.07, 6.45) is 1.75. The van der Waals surface area contributed by atoms with Crippen molar-refractivity contribution < 1.29 is 14.8 Å². The molecule has 0 aromatic carbocycles. The van der Waals surface area contributed by atoms with Gasteiger partial charge in [-0.05, 0) is 12.3 Å². The van der Waals surface area contributed by atoms with E-state index in [9.17, 15) is 14.9 Å². The number of nitrogens with zero attached hydrogens (tertiary/aromatic N) is 2. The number of rotatable bonds is 6. The van der Waals surface area contributed by atoms with E-state index in [4.69, 9.17) is 5.11 Å². The normalized spacial score (nSPS) is 12.5. The second-order valence-electron chi connectivity index (χ2n) is 4.79. The highest BCUT2D eigenvalue weighted by atomic mass is 16.6. The number of nitro groups is 1. The highest BCUT2D eigenvalue weighted by Crippen LogP contribution is 2.16. The van der Waals surface area contributed by atoms with E-state index in [1.54, 1.807) is 7.05 Å². The molecule has 0 fully saturated rings. The Morgan fingerprint density at radius 2 is 2.21 bits per heavy atom. The van der Waals surface area contributed by atoms with Crippen LogP contribution in [0.25, 0.3) is 0 Å². The van der Waals surface area contributed by atoms with Crippen LogP contribution in [-0.4, -0.2) is 33.2 Å². The van der Waals surface area contributed by atoms with E-state index in [1.165, 1.54) is 16.8 Å². The van der Waals surface area contributed by atoms with Crippen molar-refractivity contribution in [1.82, 2.24) is 9.88 Å². The number of aromatic nitrogens is 1. The number of amides is 1. The highest BCUT2D eigenvalue weighted by Gasteiger charge is 2.21. The highest BCUT2D eigenvalue weighted by molar-refractivity contribution is 5.93. The fourth-order valence-electron chi connectivity index (χ4n) is 1.83. The molecule has 1 aromatic heterocycles. The molecule has 7 nitrogen and oxygen atoms in total. The summed E-state index contributed by atoms with van der Waals surface area (Å²) >= 11 is 0. The van der Waals surface area contributed by atoms with Gasteiger partial charge in [-0.2, -0.15) is 0 Å². The van der Waals surface area contributed by atoms with Crippen LogP contribution in [0.5, 0.6) is 0 Å². The molecule has 0 bridgehead atoms. The second-order valence-corrected chi connectivity index (χ2v) is 4.79. The van der Waals surface area contributed by atoms with Crippen LogP contribution in [0.3, 0.4) is 0 Å². The van der Waals surface area contributed by atoms with Gasteiger partial charge in [-0.3, -0.25) is 14.9 Å². The molecule has 1 heterocycles. The summed E-state index contributed by atoms with van der Waals surface area (Å²) in [7, 11) is 1.58. The standard InChI is InChI=1S/C12H19N3O4/c1-8(2)10(4-5-16)13-12(17)11-6-9(15(18)19)7-14(11)3/h6-8,10,16H,4-5H2,1-3H3,(H,13,17).